The first-order valence-electron chi connectivity index (χ1n) is 7.83. The fourth-order valence-corrected chi connectivity index (χ4v) is 4.39. The summed E-state index contributed by atoms with van der Waals surface area (Å²) in [5.74, 6) is 0.469. The van der Waals surface area contributed by atoms with Crippen LogP contribution < -0.4 is 10.2 Å². The van der Waals surface area contributed by atoms with Crippen molar-refractivity contribution >= 4 is 28.5 Å². The van der Waals surface area contributed by atoms with E-state index in [1.165, 1.54) is 18.0 Å². The lowest BCUT2D eigenvalue weighted by Gasteiger charge is -2.23. The number of halogens is 1. The summed E-state index contributed by atoms with van der Waals surface area (Å²) < 4.78 is 30.9. The van der Waals surface area contributed by atoms with Gasteiger partial charge in [0, 0.05) is 29.4 Å². The van der Waals surface area contributed by atoms with Gasteiger partial charge in [0.2, 0.25) is 0 Å². The van der Waals surface area contributed by atoms with Crippen LogP contribution in [0.1, 0.15) is 24.3 Å². The summed E-state index contributed by atoms with van der Waals surface area (Å²) in [4.78, 5) is 24.7. The van der Waals surface area contributed by atoms with Gasteiger partial charge in [-0.3, -0.25) is 13.9 Å². The number of benzene rings is 1. The minimum atomic E-state index is -0.890. The Labute approximate surface area is 141 Å². The van der Waals surface area contributed by atoms with Gasteiger partial charge < -0.3 is 10.1 Å². The van der Waals surface area contributed by atoms with E-state index in [2.05, 4.69) is 5.32 Å². The molecule has 1 atom stereocenters. The second-order valence-corrected chi connectivity index (χ2v) is 7.62. The lowest BCUT2D eigenvalue weighted by atomic mass is 9.93. The van der Waals surface area contributed by atoms with Crippen LogP contribution in [0.3, 0.4) is 0 Å². The van der Waals surface area contributed by atoms with Crippen molar-refractivity contribution in [2.45, 2.75) is 24.9 Å². The Bertz CT molecular complexity index is 687. The van der Waals surface area contributed by atoms with Crippen LogP contribution in [0.5, 0.6) is 0 Å². The molecule has 2 saturated heterocycles. The Kier molecular flexibility index (Phi) is 4.84. The summed E-state index contributed by atoms with van der Waals surface area (Å²) in [5.41, 5.74) is 0.956. The molecule has 2 amide bonds. The fraction of sp³-hybridized carbons (Fsp3) is 0.500. The number of hydrogen-bond donors (Lipinski definition) is 1. The van der Waals surface area contributed by atoms with Crippen molar-refractivity contribution in [3.05, 3.63) is 29.6 Å². The van der Waals surface area contributed by atoms with Crippen LogP contribution in [0, 0.1) is 5.82 Å². The third kappa shape index (κ3) is 3.28. The van der Waals surface area contributed by atoms with Crippen LogP contribution in [0.15, 0.2) is 18.2 Å². The number of carbonyl (C=O) groups is 2. The second kappa shape index (κ2) is 6.88. The molecule has 3 rings (SSSR count). The standard InChI is InChI=1S/C16H19FN2O4S/c1-18-15(20)14-9-19(16(21)23-14)11-2-3-12(13(17)8-11)10-4-6-24(22)7-5-10/h2-3,8,10,14H,4-7,9H2,1H3,(H,18,20)/t10?,14-,24?/m1/s1. The lowest BCUT2D eigenvalue weighted by molar-refractivity contribution is -0.127. The Morgan fingerprint density at radius 3 is 2.71 bits per heavy atom. The first-order valence-corrected chi connectivity index (χ1v) is 9.32. The van der Waals surface area contributed by atoms with Gasteiger partial charge in [0.25, 0.3) is 5.91 Å². The van der Waals surface area contributed by atoms with Crippen molar-refractivity contribution in [1.29, 1.82) is 0 Å². The minimum Gasteiger partial charge on any atom is -0.434 e. The van der Waals surface area contributed by atoms with Crippen LogP contribution >= 0.6 is 0 Å². The van der Waals surface area contributed by atoms with Crippen molar-refractivity contribution in [2.24, 2.45) is 0 Å². The molecule has 2 heterocycles. The van der Waals surface area contributed by atoms with E-state index in [9.17, 15) is 18.2 Å². The van der Waals surface area contributed by atoms with Gasteiger partial charge in [0.1, 0.15) is 5.82 Å². The Morgan fingerprint density at radius 1 is 1.38 bits per heavy atom. The third-order valence-electron chi connectivity index (χ3n) is 4.47. The number of amides is 2. The van der Waals surface area contributed by atoms with Crippen molar-refractivity contribution in [3.63, 3.8) is 0 Å². The molecule has 2 aliphatic heterocycles. The molecule has 130 valence electrons. The molecule has 0 unspecified atom stereocenters. The molecule has 0 radical (unpaired) electrons. The fourth-order valence-electron chi connectivity index (χ4n) is 3.09. The van der Waals surface area contributed by atoms with Crippen molar-refractivity contribution < 1.29 is 22.9 Å². The maximum absolute atomic E-state index is 14.5. The van der Waals surface area contributed by atoms with Crippen molar-refractivity contribution in [1.82, 2.24) is 5.32 Å². The normalized spacial score (nSPS) is 27.0. The number of nitrogens with zero attached hydrogens (tertiary/aromatic N) is 1. The highest BCUT2D eigenvalue weighted by Crippen LogP contribution is 2.32. The third-order valence-corrected chi connectivity index (χ3v) is 5.86. The molecule has 2 fully saturated rings. The van der Waals surface area contributed by atoms with E-state index in [1.807, 2.05) is 0 Å². The van der Waals surface area contributed by atoms with E-state index < -0.39 is 28.9 Å². The zero-order chi connectivity index (χ0) is 17.3. The van der Waals surface area contributed by atoms with Gasteiger partial charge in [-0.2, -0.15) is 0 Å². The topological polar surface area (TPSA) is 75.7 Å². The number of likely N-dealkylation sites (N-methyl/N-ethyl adjacent to an activating group) is 1. The van der Waals surface area contributed by atoms with Gasteiger partial charge in [0.15, 0.2) is 6.10 Å². The highest BCUT2D eigenvalue weighted by atomic mass is 32.2. The summed E-state index contributed by atoms with van der Waals surface area (Å²) in [6, 6.07) is 4.63. The van der Waals surface area contributed by atoms with Crippen LogP contribution in [0.4, 0.5) is 14.9 Å². The lowest BCUT2D eigenvalue weighted by Crippen LogP contribution is -2.35. The monoisotopic (exact) mass is 354 g/mol. The Morgan fingerprint density at radius 2 is 2.08 bits per heavy atom. The van der Waals surface area contributed by atoms with Crippen molar-refractivity contribution in [2.75, 3.05) is 30.0 Å². The molecule has 1 aromatic rings. The molecule has 1 N–H and O–H groups in total. The predicted molar refractivity (Wildman–Crippen MR) is 87.9 cm³/mol. The van der Waals surface area contributed by atoms with Gasteiger partial charge in [-0.1, -0.05) is 6.07 Å². The smallest absolute Gasteiger partial charge is 0.415 e. The maximum atomic E-state index is 14.5. The quantitative estimate of drug-likeness (QED) is 0.893. The van der Waals surface area contributed by atoms with E-state index >= 15 is 0 Å². The van der Waals surface area contributed by atoms with Gasteiger partial charge in [-0.15, -0.1) is 0 Å². The van der Waals surface area contributed by atoms with E-state index in [0.717, 1.165) is 0 Å². The average Bonchev–Trinajstić information content (AvgIpc) is 2.97. The number of anilines is 1. The SMILES string of the molecule is CNC(=O)[C@H]1CN(c2ccc(C3CCS(=O)CC3)c(F)c2)C(=O)O1. The highest BCUT2D eigenvalue weighted by Gasteiger charge is 2.37. The predicted octanol–water partition coefficient (Wildman–Crippen LogP) is 1.52. The largest absolute Gasteiger partial charge is 0.434 e. The van der Waals surface area contributed by atoms with Crippen LogP contribution in [-0.4, -0.2) is 47.4 Å². The van der Waals surface area contributed by atoms with Crippen molar-refractivity contribution in [3.8, 4) is 0 Å². The number of hydrogen-bond acceptors (Lipinski definition) is 4. The van der Waals surface area contributed by atoms with E-state index in [0.29, 0.717) is 35.6 Å². The first kappa shape index (κ1) is 16.9. The molecule has 0 aromatic heterocycles. The number of ether oxygens (including phenoxy) is 1. The van der Waals surface area contributed by atoms with E-state index in [-0.39, 0.29) is 18.3 Å². The van der Waals surface area contributed by atoms with Gasteiger partial charge in [-0.05, 0) is 36.5 Å². The molecular weight excluding hydrogens is 335 g/mol. The molecule has 8 heteroatoms. The maximum Gasteiger partial charge on any atom is 0.415 e. The zero-order valence-corrected chi connectivity index (χ0v) is 14.1. The summed E-state index contributed by atoms with van der Waals surface area (Å²) in [7, 11) is 0.671. The van der Waals surface area contributed by atoms with Crippen LogP contribution in [-0.2, 0) is 20.3 Å². The summed E-state index contributed by atoms with van der Waals surface area (Å²) in [6.07, 6.45) is -0.150. The number of cyclic esters (lactones) is 1. The molecule has 24 heavy (non-hydrogen) atoms. The van der Waals surface area contributed by atoms with Crippen LogP contribution in [0.25, 0.3) is 0 Å². The zero-order valence-electron chi connectivity index (χ0n) is 13.3. The Balaban J connectivity index is 1.76. The van der Waals surface area contributed by atoms with E-state index in [1.54, 1.807) is 12.1 Å². The van der Waals surface area contributed by atoms with E-state index in [4.69, 9.17) is 4.74 Å². The van der Waals surface area contributed by atoms with Gasteiger partial charge in [0.05, 0.1) is 12.2 Å². The molecule has 2 aliphatic rings. The minimum absolute atomic E-state index is 0.0553. The molecular formula is C16H19FN2O4S. The molecule has 1 aromatic carbocycles. The number of rotatable bonds is 3. The van der Waals surface area contributed by atoms with Gasteiger partial charge in [-0.25, -0.2) is 9.18 Å². The number of carbonyl (C=O) groups excluding carboxylic acids is 2. The van der Waals surface area contributed by atoms with Gasteiger partial charge >= 0.3 is 6.09 Å². The summed E-state index contributed by atoms with van der Waals surface area (Å²) in [5, 5.41) is 2.42. The summed E-state index contributed by atoms with van der Waals surface area (Å²) >= 11 is 0. The van der Waals surface area contributed by atoms with Crippen LogP contribution in [0.2, 0.25) is 0 Å². The average molecular weight is 354 g/mol. The number of nitrogens with one attached hydrogen (secondary N) is 1. The molecule has 0 spiro atoms. The molecule has 6 nitrogen and oxygen atoms in total. The molecule has 0 aliphatic carbocycles. The summed E-state index contributed by atoms with van der Waals surface area (Å²) in [6.45, 7) is 0.0553. The molecule has 0 saturated carbocycles. The second-order valence-electron chi connectivity index (χ2n) is 5.93. The highest BCUT2D eigenvalue weighted by molar-refractivity contribution is 7.85. The molecule has 0 bridgehead atoms. The first-order chi connectivity index (χ1) is 11.5. The Hall–Kier alpha value is -1.96.